The van der Waals surface area contributed by atoms with Crippen LogP contribution in [0.1, 0.15) is 23.6 Å². The van der Waals surface area contributed by atoms with Crippen LogP contribution in [0.4, 0.5) is 10.1 Å². The van der Waals surface area contributed by atoms with E-state index in [2.05, 4.69) is 4.98 Å². The first-order valence-electron chi connectivity index (χ1n) is 9.55. The van der Waals surface area contributed by atoms with E-state index in [0.717, 1.165) is 5.56 Å². The van der Waals surface area contributed by atoms with Gasteiger partial charge in [-0.3, -0.25) is 19.5 Å². The van der Waals surface area contributed by atoms with Gasteiger partial charge in [-0.15, -0.1) is 0 Å². The highest BCUT2D eigenvalue weighted by Gasteiger charge is 2.44. The first kappa shape index (κ1) is 19.5. The van der Waals surface area contributed by atoms with Gasteiger partial charge in [0, 0.05) is 24.5 Å². The van der Waals surface area contributed by atoms with Crippen molar-refractivity contribution in [2.75, 3.05) is 4.90 Å². The molecule has 1 N–H and O–H groups in total. The second-order valence-electron chi connectivity index (χ2n) is 7.01. The van der Waals surface area contributed by atoms with Crippen molar-refractivity contribution in [2.45, 2.75) is 18.9 Å². The molecule has 3 aromatic rings. The first-order valence-corrected chi connectivity index (χ1v) is 9.55. The number of aromatic nitrogens is 1. The summed E-state index contributed by atoms with van der Waals surface area (Å²) in [6.07, 6.45) is 3.71. The summed E-state index contributed by atoms with van der Waals surface area (Å²) < 4.78 is 13.8. The highest BCUT2D eigenvalue weighted by molar-refractivity contribution is 6.16. The monoisotopic (exact) mass is 402 g/mol. The average Bonchev–Trinajstić information content (AvgIpc) is 3.04. The van der Waals surface area contributed by atoms with E-state index in [-0.39, 0.29) is 23.5 Å². The third kappa shape index (κ3) is 3.72. The number of aryl methyl sites for hydroxylation is 1. The number of Topliss-reactive ketones (excluding diaryl/α,β-unsaturated/α-hetero) is 1. The zero-order chi connectivity index (χ0) is 21.1. The molecule has 0 fully saturated rings. The first-order chi connectivity index (χ1) is 14.6. The largest absolute Gasteiger partial charge is 0.503 e. The maximum atomic E-state index is 13.8. The number of carbonyl (C=O) groups is 2. The van der Waals surface area contributed by atoms with Gasteiger partial charge in [0.05, 0.1) is 11.6 Å². The molecular formula is C24H19FN2O3. The number of aliphatic hydroxyl groups excluding tert-OH is 1. The van der Waals surface area contributed by atoms with Crippen LogP contribution in [0.5, 0.6) is 0 Å². The Morgan fingerprint density at radius 2 is 1.77 bits per heavy atom. The molecule has 0 saturated carbocycles. The summed E-state index contributed by atoms with van der Waals surface area (Å²) in [6, 6.07) is 17.5. The molecule has 2 aromatic carbocycles. The third-order valence-electron chi connectivity index (χ3n) is 5.10. The second kappa shape index (κ2) is 8.29. The van der Waals surface area contributed by atoms with E-state index >= 15 is 0 Å². The normalized spacial score (nSPS) is 16.2. The Balaban J connectivity index is 1.72. The highest BCUT2D eigenvalue weighted by atomic mass is 19.1. The Morgan fingerprint density at radius 1 is 1.03 bits per heavy atom. The molecule has 5 nitrogen and oxygen atoms in total. The number of pyridine rings is 1. The molecule has 4 rings (SSSR count). The smallest absolute Gasteiger partial charge is 0.294 e. The van der Waals surface area contributed by atoms with E-state index in [9.17, 15) is 19.1 Å². The van der Waals surface area contributed by atoms with Crippen molar-refractivity contribution in [3.8, 4) is 0 Å². The van der Waals surface area contributed by atoms with Crippen LogP contribution in [0.25, 0.3) is 0 Å². The number of hydrogen-bond donors (Lipinski definition) is 1. The third-order valence-corrected chi connectivity index (χ3v) is 5.10. The number of halogens is 1. The fraction of sp³-hybridized carbons (Fsp3) is 0.125. The quantitative estimate of drug-likeness (QED) is 0.667. The van der Waals surface area contributed by atoms with E-state index in [1.165, 1.54) is 23.1 Å². The Bertz CT molecular complexity index is 1110. The van der Waals surface area contributed by atoms with Crippen molar-refractivity contribution in [1.29, 1.82) is 0 Å². The van der Waals surface area contributed by atoms with Crippen LogP contribution in [0, 0.1) is 5.82 Å². The van der Waals surface area contributed by atoms with E-state index in [0.29, 0.717) is 12.0 Å². The Hall–Kier alpha value is -3.80. The summed E-state index contributed by atoms with van der Waals surface area (Å²) in [4.78, 5) is 31.3. The lowest BCUT2D eigenvalue weighted by Gasteiger charge is -2.26. The highest BCUT2D eigenvalue weighted by Crippen LogP contribution is 2.41. The van der Waals surface area contributed by atoms with Gasteiger partial charge < -0.3 is 5.11 Å². The lowest BCUT2D eigenvalue weighted by molar-refractivity contribution is -0.118. The molecule has 6 heteroatoms. The zero-order valence-electron chi connectivity index (χ0n) is 16.0. The van der Waals surface area contributed by atoms with E-state index in [4.69, 9.17) is 0 Å². The number of ketones is 1. The predicted molar refractivity (Wildman–Crippen MR) is 110 cm³/mol. The number of carbonyl (C=O) groups excluding carboxylic acids is 2. The molecule has 1 aromatic heterocycles. The SMILES string of the molecule is O=C(CCc1ccccc1)C1=C(O)C(=O)N(c2cccc(F)c2)C1c1ccncc1. The minimum atomic E-state index is -0.856. The fourth-order valence-electron chi connectivity index (χ4n) is 3.68. The van der Waals surface area contributed by atoms with Crippen LogP contribution in [-0.4, -0.2) is 21.8 Å². The average molecular weight is 402 g/mol. The molecule has 0 aliphatic carbocycles. The van der Waals surface area contributed by atoms with Crippen LogP contribution >= 0.6 is 0 Å². The van der Waals surface area contributed by atoms with Gasteiger partial charge in [0.2, 0.25) is 0 Å². The predicted octanol–water partition coefficient (Wildman–Crippen LogP) is 4.32. The lowest BCUT2D eigenvalue weighted by atomic mass is 9.93. The molecule has 0 radical (unpaired) electrons. The molecule has 1 amide bonds. The van der Waals surface area contributed by atoms with Gasteiger partial charge in [-0.25, -0.2) is 4.39 Å². The summed E-state index contributed by atoms with van der Waals surface area (Å²) in [5.74, 6) is -2.17. The Kier molecular flexibility index (Phi) is 5.39. The minimum Gasteiger partial charge on any atom is -0.503 e. The number of rotatable bonds is 6. The number of nitrogens with zero attached hydrogens (tertiary/aromatic N) is 2. The van der Waals surface area contributed by atoms with Crippen molar-refractivity contribution in [2.24, 2.45) is 0 Å². The summed E-state index contributed by atoms with van der Waals surface area (Å²) >= 11 is 0. The van der Waals surface area contributed by atoms with Gasteiger partial charge in [0.1, 0.15) is 5.82 Å². The number of benzene rings is 2. The number of anilines is 1. The second-order valence-corrected chi connectivity index (χ2v) is 7.01. The van der Waals surface area contributed by atoms with Crippen molar-refractivity contribution >= 4 is 17.4 Å². The lowest BCUT2D eigenvalue weighted by Crippen LogP contribution is -2.31. The summed E-state index contributed by atoms with van der Waals surface area (Å²) in [6.45, 7) is 0. The van der Waals surface area contributed by atoms with Gasteiger partial charge >= 0.3 is 0 Å². The Labute approximate surface area is 173 Å². The van der Waals surface area contributed by atoms with Gasteiger partial charge in [0.15, 0.2) is 11.5 Å². The van der Waals surface area contributed by atoms with Crippen LogP contribution in [-0.2, 0) is 16.0 Å². The Morgan fingerprint density at radius 3 is 2.47 bits per heavy atom. The maximum Gasteiger partial charge on any atom is 0.294 e. The van der Waals surface area contributed by atoms with Crippen LogP contribution in [0.3, 0.4) is 0 Å². The van der Waals surface area contributed by atoms with Crippen LogP contribution in [0.15, 0.2) is 90.5 Å². The number of hydrogen-bond acceptors (Lipinski definition) is 4. The van der Waals surface area contributed by atoms with E-state index < -0.39 is 23.5 Å². The van der Waals surface area contributed by atoms with Crippen LogP contribution in [0.2, 0.25) is 0 Å². The van der Waals surface area contributed by atoms with E-state index in [1.807, 2.05) is 30.3 Å². The molecule has 0 saturated heterocycles. The molecule has 1 atom stereocenters. The van der Waals surface area contributed by atoms with Gasteiger partial charge in [-0.1, -0.05) is 36.4 Å². The summed E-state index contributed by atoms with van der Waals surface area (Å²) in [5, 5.41) is 10.6. The molecule has 1 unspecified atom stereocenters. The molecule has 1 aliphatic heterocycles. The standard InChI is InChI=1S/C24H19FN2O3/c25-18-7-4-8-19(15-18)27-22(17-11-13-26-14-12-17)21(23(29)24(27)30)20(28)10-9-16-5-2-1-3-6-16/h1-8,11-15,22,29H,9-10H2. The van der Waals surface area contributed by atoms with E-state index in [1.54, 1.807) is 30.6 Å². The molecule has 1 aliphatic rings. The topological polar surface area (TPSA) is 70.5 Å². The van der Waals surface area contributed by atoms with Crippen molar-refractivity contribution in [3.05, 3.63) is 107 Å². The molecule has 2 heterocycles. The molecule has 150 valence electrons. The fourth-order valence-corrected chi connectivity index (χ4v) is 3.68. The minimum absolute atomic E-state index is 0.0198. The molecular weight excluding hydrogens is 383 g/mol. The van der Waals surface area contributed by atoms with Gasteiger partial charge in [-0.2, -0.15) is 0 Å². The zero-order valence-corrected chi connectivity index (χ0v) is 16.0. The molecule has 0 spiro atoms. The molecule has 30 heavy (non-hydrogen) atoms. The van der Waals surface area contributed by atoms with Crippen molar-refractivity contribution < 1.29 is 19.1 Å². The van der Waals surface area contributed by atoms with Crippen molar-refractivity contribution in [3.63, 3.8) is 0 Å². The van der Waals surface area contributed by atoms with Crippen molar-refractivity contribution in [1.82, 2.24) is 4.98 Å². The molecule has 0 bridgehead atoms. The summed E-state index contributed by atoms with van der Waals surface area (Å²) in [5.41, 5.74) is 1.87. The van der Waals surface area contributed by atoms with Crippen LogP contribution < -0.4 is 4.90 Å². The van der Waals surface area contributed by atoms with Gasteiger partial charge in [-0.05, 0) is 47.9 Å². The maximum absolute atomic E-state index is 13.8. The summed E-state index contributed by atoms with van der Waals surface area (Å²) in [7, 11) is 0. The van der Waals surface area contributed by atoms with Gasteiger partial charge in [0.25, 0.3) is 5.91 Å². The number of amides is 1. The number of aliphatic hydroxyl groups is 1.